The number of aromatic nitrogens is 2. The summed E-state index contributed by atoms with van der Waals surface area (Å²) in [7, 11) is 0. The van der Waals surface area contributed by atoms with E-state index in [4.69, 9.17) is 14.4 Å². The molecule has 0 saturated carbocycles. The highest BCUT2D eigenvalue weighted by molar-refractivity contribution is 7.08. The Kier molecular flexibility index (Phi) is 3.77. The van der Waals surface area contributed by atoms with Crippen LogP contribution in [-0.4, -0.2) is 51.9 Å². The lowest BCUT2D eigenvalue weighted by atomic mass is 10.2. The van der Waals surface area contributed by atoms with Gasteiger partial charge in [0.15, 0.2) is 11.9 Å². The summed E-state index contributed by atoms with van der Waals surface area (Å²) in [6, 6.07) is 1.91. The minimum absolute atomic E-state index is 0.331. The third-order valence-electron chi connectivity index (χ3n) is 3.03. The average Bonchev–Trinajstić information content (AvgIpc) is 3.09. The Bertz CT molecular complexity index is 583. The van der Waals surface area contributed by atoms with Crippen LogP contribution in [0, 0.1) is 0 Å². The van der Waals surface area contributed by atoms with Crippen LogP contribution in [0.2, 0.25) is 0 Å². The molecule has 20 heavy (non-hydrogen) atoms. The van der Waals surface area contributed by atoms with Crippen molar-refractivity contribution in [2.24, 2.45) is 0 Å². The van der Waals surface area contributed by atoms with Crippen LogP contribution in [0.5, 0.6) is 0 Å². The van der Waals surface area contributed by atoms with Gasteiger partial charge in [-0.2, -0.15) is 16.3 Å². The van der Waals surface area contributed by atoms with E-state index in [1.165, 1.54) is 0 Å². The molecule has 1 saturated heterocycles. The number of hydrogen-bond donors (Lipinski definition) is 1. The van der Waals surface area contributed by atoms with Gasteiger partial charge in [0, 0.05) is 18.5 Å². The first-order chi connectivity index (χ1) is 9.72. The first kappa shape index (κ1) is 13.2. The van der Waals surface area contributed by atoms with Crippen molar-refractivity contribution in [3.8, 4) is 11.5 Å². The second-order valence-corrected chi connectivity index (χ2v) is 5.24. The van der Waals surface area contributed by atoms with E-state index in [0.717, 1.165) is 5.56 Å². The molecule has 1 N–H and O–H groups in total. The highest BCUT2D eigenvalue weighted by atomic mass is 32.1. The van der Waals surface area contributed by atoms with Crippen molar-refractivity contribution in [3.63, 3.8) is 0 Å². The molecular weight excluding hydrogens is 282 g/mol. The van der Waals surface area contributed by atoms with Crippen LogP contribution in [0.25, 0.3) is 11.5 Å². The van der Waals surface area contributed by atoms with Gasteiger partial charge in [0.05, 0.1) is 18.7 Å². The number of nitrogens with zero attached hydrogens (tertiary/aromatic N) is 3. The summed E-state index contributed by atoms with van der Waals surface area (Å²) in [5.74, 6) is 0.100. The predicted octanol–water partition coefficient (Wildman–Crippen LogP) is 1.08. The van der Waals surface area contributed by atoms with E-state index < -0.39 is 12.1 Å². The number of carbonyl (C=O) groups is 1. The highest BCUT2D eigenvalue weighted by Gasteiger charge is 2.27. The van der Waals surface area contributed by atoms with Crippen molar-refractivity contribution >= 4 is 17.3 Å². The van der Waals surface area contributed by atoms with Crippen molar-refractivity contribution in [3.05, 3.63) is 22.7 Å². The van der Waals surface area contributed by atoms with Crippen molar-refractivity contribution < 1.29 is 19.2 Å². The van der Waals surface area contributed by atoms with E-state index >= 15 is 0 Å². The number of carboxylic acids is 1. The molecule has 2 aromatic heterocycles. The summed E-state index contributed by atoms with van der Waals surface area (Å²) < 4.78 is 10.4. The monoisotopic (exact) mass is 295 g/mol. The fourth-order valence-corrected chi connectivity index (χ4v) is 2.65. The molecule has 106 valence electrons. The smallest absolute Gasteiger partial charge is 0.334 e. The summed E-state index contributed by atoms with van der Waals surface area (Å²) in [6.07, 6.45) is -0.785. The Hall–Kier alpha value is -1.77. The minimum Gasteiger partial charge on any atom is -0.479 e. The summed E-state index contributed by atoms with van der Waals surface area (Å²) in [4.78, 5) is 17.2. The molecule has 0 amide bonds. The van der Waals surface area contributed by atoms with Gasteiger partial charge < -0.3 is 14.4 Å². The van der Waals surface area contributed by atoms with Crippen LogP contribution >= 0.6 is 11.3 Å². The fraction of sp³-hybridized carbons (Fsp3) is 0.417. The van der Waals surface area contributed by atoms with Crippen molar-refractivity contribution in [2.75, 3.05) is 19.7 Å². The topological polar surface area (TPSA) is 88.7 Å². The predicted molar refractivity (Wildman–Crippen MR) is 70.3 cm³/mol. The molecule has 0 aromatic carbocycles. The Morgan fingerprint density at radius 1 is 1.60 bits per heavy atom. The number of hydrogen-bond acceptors (Lipinski definition) is 7. The van der Waals surface area contributed by atoms with Crippen molar-refractivity contribution in [1.82, 2.24) is 15.0 Å². The van der Waals surface area contributed by atoms with Crippen LogP contribution in [0.1, 0.15) is 5.82 Å². The summed E-state index contributed by atoms with van der Waals surface area (Å²) in [6.45, 7) is 1.84. The van der Waals surface area contributed by atoms with Gasteiger partial charge in [-0.15, -0.1) is 0 Å². The van der Waals surface area contributed by atoms with Crippen LogP contribution in [0.15, 0.2) is 21.3 Å². The Morgan fingerprint density at radius 2 is 2.50 bits per heavy atom. The third kappa shape index (κ3) is 2.87. The van der Waals surface area contributed by atoms with Gasteiger partial charge in [-0.3, -0.25) is 4.90 Å². The number of carboxylic acid groups (broad SMARTS) is 1. The molecule has 1 atom stereocenters. The highest BCUT2D eigenvalue weighted by Crippen LogP contribution is 2.20. The van der Waals surface area contributed by atoms with Gasteiger partial charge in [-0.1, -0.05) is 5.16 Å². The maximum atomic E-state index is 10.9. The van der Waals surface area contributed by atoms with Gasteiger partial charge in [0.25, 0.3) is 5.89 Å². The van der Waals surface area contributed by atoms with Crippen LogP contribution < -0.4 is 0 Å². The quantitative estimate of drug-likeness (QED) is 0.902. The summed E-state index contributed by atoms with van der Waals surface area (Å²) in [5.41, 5.74) is 0.902. The SMILES string of the molecule is O=C(O)C1CN(Cc2noc(-c3ccsc3)n2)CCO1. The molecule has 1 fully saturated rings. The standard InChI is InChI=1S/C12H13N3O4S/c16-12(17)9-5-15(2-3-18-9)6-10-13-11(19-14-10)8-1-4-20-7-8/h1,4,7,9H,2-3,5-6H2,(H,16,17). The number of rotatable bonds is 4. The largest absolute Gasteiger partial charge is 0.479 e. The minimum atomic E-state index is -0.943. The molecule has 1 aliphatic rings. The van der Waals surface area contributed by atoms with Gasteiger partial charge in [0.2, 0.25) is 0 Å². The Labute approximate surface area is 118 Å². The van der Waals surface area contributed by atoms with Crippen molar-refractivity contribution in [1.29, 1.82) is 0 Å². The molecule has 3 heterocycles. The Morgan fingerprint density at radius 3 is 3.25 bits per heavy atom. The van der Waals surface area contributed by atoms with E-state index in [1.54, 1.807) is 11.3 Å². The van der Waals surface area contributed by atoms with Gasteiger partial charge >= 0.3 is 5.97 Å². The van der Waals surface area contributed by atoms with E-state index in [2.05, 4.69) is 10.1 Å². The van der Waals surface area contributed by atoms with Crippen LogP contribution in [0.3, 0.4) is 0 Å². The second kappa shape index (κ2) is 5.70. The molecule has 0 aliphatic carbocycles. The van der Waals surface area contributed by atoms with E-state index in [9.17, 15) is 4.79 Å². The first-order valence-corrected chi connectivity index (χ1v) is 7.08. The molecule has 3 rings (SSSR count). The lowest BCUT2D eigenvalue weighted by Gasteiger charge is -2.29. The molecule has 0 radical (unpaired) electrons. The fourth-order valence-electron chi connectivity index (χ4n) is 2.02. The zero-order valence-corrected chi connectivity index (χ0v) is 11.4. The van der Waals surface area contributed by atoms with Crippen molar-refractivity contribution in [2.45, 2.75) is 12.6 Å². The molecule has 2 aromatic rings. The third-order valence-corrected chi connectivity index (χ3v) is 3.71. The van der Waals surface area contributed by atoms with Gasteiger partial charge in [-0.05, 0) is 11.4 Å². The number of morpholine rings is 1. The molecule has 8 heteroatoms. The normalized spacial score (nSPS) is 20.1. The molecule has 1 aliphatic heterocycles. The van der Waals surface area contributed by atoms with Crippen LogP contribution in [0.4, 0.5) is 0 Å². The molecule has 1 unspecified atom stereocenters. The van der Waals surface area contributed by atoms with Crippen LogP contribution in [-0.2, 0) is 16.1 Å². The van der Waals surface area contributed by atoms with Gasteiger partial charge in [0.1, 0.15) is 0 Å². The number of thiophene rings is 1. The maximum Gasteiger partial charge on any atom is 0.334 e. The van der Waals surface area contributed by atoms with E-state index in [0.29, 0.717) is 38.0 Å². The lowest BCUT2D eigenvalue weighted by molar-refractivity contribution is -0.156. The van der Waals surface area contributed by atoms with E-state index in [-0.39, 0.29) is 0 Å². The number of aliphatic carboxylic acids is 1. The molecule has 0 bridgehead atoms. The summed E-state index contributed by atoms with van der Waals surface area (Å²) in [5, 5.41) is 16.8. The Balaban J connectivity index is 1.64. The zero-order chi connectivity index (χ0) is 13.9. The number of ether oxygens (including phenoxy) is 1. The molecule has 7 nitrogen and oxygen atoms in total. The second-order valence-electron chi connectivity index (χ2n) is 4.46. The first-order valence-electron chi connectivity index (χ1n) is 6.14. The zero-order valence-electron chi connectivity index (χ0n) is 10.6. The lowest BCUT2D eigenvalue weighted by Crippen LogP contribution is -2.45. The summed E-state index contributed by atoms with van der Waals surface area (Å²) >= 11 is 1.56. The molecule has 0 spiro atoms. The average molecular weight is 295 g/mol. The van der Waals surface area contributed by atoms with Gasteiger partial charge in [-0.25, -0.2) is 4.79 Å². The maximum absolute atomic E-state index is 10.9. The molecular formula is C12H13N3O4S. The van der Waals surface area contributed by atoms with E-state index in [1.807, 2.05) is 21.7 Å².